The van der Waals surface area contributed by atoms with Crippen molar-refractivity contribution in [3.05, 3.63) is 76.4 Å². The van der Waals surface area contributed by atoms with Crippen molar-refractivity contribution in [3.8, 4) is 5.75 Å². The van der Waals surface area contributed by atoms with E-state index in [1.165, 1.54) is 31.2 Å². The SMILES string of the molecule is C=C(C)[C@H](NC(=O)OC(C)(C)C)C(=O)N[C@@H](C)C(=O)Nc1ccc(COC(=O)Oc2ccc([N+](=O)[O-])cc2)cc1. The molecule has 0 aliphatic heterocycles. The van der Waals surface area contributed by atoms with Crippen molar-refractivity contribution in [3.63, 3.8) is 0 Å². The number of nitro benzene ring substituents is 1. The molecule has 0 unspecified atom stereocenters. The Kier molecular flexibility index (Phi) is 10.7. The van der Waals surface area contributed by atoms with Crippen LogP contribution in [0.25, 0.3) is 0 Å². The number of carbonyl (C=O) groups is 4. The van der Waals surface area contributed by atoms with E-state index < -0.39 is 46.7 Å². The van der Waals surface area contributed by atoms with E-state index in [0.29, 0.717) is 16.8 Å². The third-order valence-electron chi connectivity index (χ3n) is 4.99. The van der Waals surface area contributed by atoms with Gasteiger partial charge in [0.2, 0.25) is 11.8 Å². The molecule has 13 heteroatoms. The van der Waals surface area contributed by atoms with Gasteiger partial charge in [-0.15, -0.1) is 0 Å². The first-order chi connectivity index (χ1) is 18.6. The van der Waals surface area contributed by atoms with E-state index in [2.05, 4.69) is 22.5 Å². The Balaban J connectivity index is 1.85. The van der Waals surface area contributed by atoms with Crippen LogP contribution in [0.15, 0.2) is 60.7 Å². The number of nitrogens with one attached hydrogen (secondary N) is 3. The molecule has 2 aromatic carbocycles. The number of non-ortho nitro benzene ring substituents is 1. The van der Waals surface area contributed by atoms with Crippen molar-refractivity contribution in [2.24, 2.45) is 0 Å². The Morgan fingerprint density at radius 2 is 1.57 bits per heavy atom. The third-order valence-corrected chi connectivity index (χ3v) is 4.99. The number of nitrogens with zero attached hydrogens (tertiary/aromatic N) is 1. The van der Waals surface area contributed by atoms with Crippen molar-refractivity contribution in [2.75, 3.05) is 5.32 Å². The second-order valence-electron chi connectivity index (χ2n) is 9.73. The van der Waals surface area contributed by atoms with Gasteiger partial charge in [0.25, 0.3) is 5.69 Å². The van der Waals surface area contributed by atoms with Crippen LogP contribution in [0.2, 0.25) is 0 Å². The molecule has 0 heterocycles. The average Bonchev–Trinajstić information content (AvgIpc) is 2.85. The molecule has 0 aliphatic carbocycles. The number of amides is 3. The number of benzene rings is 2. The molecule has 0 radical (unpaired) electrons. The normalized spacial score (nSPS) is 12.2. The predicted molar refractivity (Wildman–Crippen MR) is 145 cm³/mol. The highest BCUT2D eigenvalue weighted by Crippen LogP contribution is 2.18. The largest absolute Gasteiger partial charge is 0.514 e. The van der Waals surface area contributed by atoms with Gasteiger partial charge in [-0.3, -0.25) is 19.7 Å². The van der Waals surface area contributed by atoms with Gasteiger partial charge in [-0.2, -0.15) is 0 Å². The van der Waals surface area contributed by atoms with Gasteiger partial charge in [0.1, 0.15) is 30.0 Å². The highest BCUT2D eigenvalue weighted by atomic mass is 16.7. The minimum Gasteiger partial charge on any atom is -0.444 e. The fourth-order valence-corrected chi connectivity index (χ4v) is 3.04. The zero-order chi connectivity index (χ0) is 30.0. The molecule has 0 spiro atoms. The molecule has 0 aliphatic rings. The Labute approximate surface area is 231 Å². The Bertz CT molecular complexity index is 1250. The molecular weight excluding hydrogens is 524 g/mol. The van der Waals surface area contributed by atoms with E-state index >= 15 is 0 Å². The van der Waals surface area contributed by atoms with Gasteiger partial charge in [0.15, 0.2) is 0 Å². The summed E-state index contributed by atoms with van der Waals surface area (Å²) in [6, 6.07) is 9.26. The zero-order valence-corrected chi connectivity index (χ0v) is 22.8. The van der Waals surface area contributed by atoms with Crippen LogP contribution >= 0.6 is 0 Å². The lowest BCUT2D eigenvalue weighted by atomic mass is 10.1. The van der Waals surface area contributed by atoms with Crippen molar-refractivity contribution >= 4 is 35.4 Å². The van der Waals surface area contributed by atoms with Crippen LogP contribution in [0.3, 0.4) is 0 Å². The van der Waals surface area contributed by atoms with Gasteiger partial charge < -0.3 is 30.2 Å². The molecule has 3 N–H and O–H groups in total. The Morgan fingerprint density at radius 1 is 0.975 bits per heavy atom. The van der Waals surface area contributed by atoms with Crippen LogP contribution in [-0.4, -0.2) is 46.7 Å². The summed E-state index contributed by atoms with van der Waals surface area (Å²) in [6.07, 6.45) is -1.79. The summed E-state index contributed by atoms with van der Waals surface area (Å²) >= 11 is 0. The Morgan fingerprint density at radius 3 is 2.10 bits per heavy atom. The quantitative estimate of drug-likeness (QED) is 0.127. The monoisotopic (exact) mass is 556 g/mol. The summed E-state index contributed by atoms with van der Waals surface area (Å²) in [6.45, 7) is 11.7. The highest BCUT2D eigenvalue weighted by molar-refractivity contribution is 5.98. The van der Waals surface area contributed by atoms with E-state index in [9.17, 15) is 29.3 Å². The van der Waals surface area contributed by atoms with Gasteiger partial charge in [0.05, 0.1) is 4.92 Å². The topological polar surface area (TPSA) is 175 Å². The van der Waals surface area contributed by atoms with Crippen molar-refractivity contribution in [1.82, 2.24) is 10.6 Å². The van der Waals surface area contributed by atoms with Gasteiger partial charge in [-0.1, -0.05) is 18.7 Å². The third kappa shape index (κ3) is 10.4. The molecule has 0 bridgehead atoms. The first-order valence-electron chi connectivity index (χ1n) is 12.1. The lowest BCUT2D eigenvalue weighted by Gasteiger charge is -2.24. The first kappa shape index (κ1) is 31.3. The molecule has 0 saturated heterocycles. The van der Waals surface area contributed by atoms with E-state index in [4.69, 9.17) is 14.2 Å². The fourth-order valence-electron chi connectivity index (χ4n) is 3.04. The molecule has 0 aromatic heterocycles. The maximum atomic E-state index is 12.7. The molecular formula is C27H32N4O9. The van der Waals surface area contributed by atoms with Crippen LogP contribution in [0.5, 0.6) is 5.75 Å². The van der Waals surface area contributed by atoms with Crippen LogP contribution in [0.1, 0.15) is 40.2 Å². The van der Waals surface area contributed by atoms with Gasteiger partial charge >= 0.3 is 12.2 Å². The Hall–Kier alpha value is -4.94. The lowest BCUT2D eigenvalue weighted by Crippen LogP contribution is -2.52. The summed E-state index contributed by atoms with van der Waals surface area (Å²) in [5.41, 5.74) is 0.471. The molecule has 13 nitrogen and oxygen atoms in total. The smallest absolute Gasteiger partial charge is 0.444 e. The van der Waals surface area contributed by atoms with Crippen LogP contribution in [-0.2, 0) is 25.7 Å². The zero-order valence-electron chi connectivity index (χ0n) is 22.8. The van der Waals surface area contributed by atoms with E-state index in [0.717, 1.165) is 0 Å². The molecule has 214 valence electrons. The van der Waals surface area contributed by atoms with E-state index in [1.807, 2.05) is 0 Å². The molecule has 3 amide bonds. The number of rotatable bonds is 10. The van der Waals surface area contributed by atoms with Crippen molar-refractivity contribution in [1.29, 1.82) is 0 Å². The molecule has 0 fully saturated rings. The maximum absolute atomic E-state index is 12.7. The summed E-state index contributed by atoms with van der Waals surface area (Å²) < 4.78 is 15.2. The van der Waals surface area contributed by atoms with Crippen molar-refractivity contribution < 1.29 is 38.3 Å². The minimum atomic E-state index is -1.10. The number of ether oxygens (including phenoxy) is 3. The number of alkyl carbamates (subject to hydrolysis) is 1. The van der Waals surface area contributed by atoms with E-state index in [-0.39, 0.29) is 18.0 Å². The molecule has 2 atom stereocenters. The van der Waals surface area contributed by atoms with Gasteiger partial charge in [0, 0.05) is 17.8 Å². The molecule has 40 heavy (non-hydrogen) atoms. The first-order valence-corrected chi connectivity index (χ1v) is 12.1. The molecule has 2 aromatic rings. The number of hydrogen-bond acceptors (Lipinski definition) is 9. The van der Waals surface area contributed by atoms with Crippen LogP contribution in [0, 0.1) is 10.1 Å². The number of anilines is 1. The summed E-state index contributed by atoms with van der Waals surface area (Å²) in [5.74, 6) is -1.05. The van der Waals surface area contributed by atoms with Crippen LogP contribution < -0.4 is 20.7 Å². The number of carbonyl (C=O) groups excluding carboxylic acids is 4. The predicted octanol–water partition coefficient (Wildman–Crippen LogP) is 4.22. The van der Waals surface area contributed by atoms with Gasteiger partial charge in [-0.25, -0.2) is 9.59 Å². The highest BCUT2D eigenvalue weighted by Gasteiger charge is 2.27. The fraction of sp³-hybridized carbons (Fsp3) is 0.333. The summed E-state index contributed by atoms with van der Waals surface area (Å²) in [5, 5.41) is 18.3. The number of nitro groups is 1. The maximum Gasteiger partial charge on any atom is 0.514 e. The molecule has 2 rings (SSSR count). The minimum absolute atomic E-state index is 0.0880. The standard InChI is InChI=1S/C27H32N4O9/c1-16(2)22(30-25(34)40-27(4,5)6)24(33)28-17(3)23(32)29-19-9-7-18(8-10-19)15-38-26(35)39-21-13-11-20(12-14-21)31(36)37/h7-14,17,22H,1,15H2,2-6H3,(H,28,33)(H,29,32)(H,30,34)/t17-,22-/m0/s1. The lowest BCUT2D eigenvalue weighted by molar-refractivity contribution is -0.384. The van der Waals surface area contributed by atoms with Crippen molar-refractivity contribution in [2.45, 2.75) is 58.9 Å². The van der Waals surface area contributed by atoms with Gasteiger partial charge in [-0.05, 0) is 70.0 Å². The second-order valence-corrected chi connectivity index (χ2v) is 9.73. The number of hydrogen-bond donors (Lipinski definition) is 3. The average molecular weight is 557 g/mol. The van der Waals surface area contributed by atoms with E-state index in [1.54, 1.807) is 52.0 Å². The second kappa shape index (κ2) is 13.7. The summed E-state index contributed by atoms with van der Waals surface area (Å²) in [7, 11) is 0. The van der Waals surface area contributed by atoms with Crippen LogP contribution in [0.4, 0.5) is 21.0 Å². The summed E-state index contributed by atoms with van der Waals surface area (Å²) in [4.78, 5) is 59.3. The molecule has 0 saturated carbocycles.